The summed E-state index contributed by atoms with van der Waals surface area (Å²) in [6.45, 7) is 3.67. The van der Waals surface area contributed by atoms with E-state index < -0.39 is 0 Å². The molecule has 2 N–H and O–H groups in total. The summed E-state index contributed by atoms with van der Waals surface area (Å²) in [6.07, 6.45) is 8.20. The van der Waals surface area contributed by atoms with Crippen LogP contribution in [0.15, 0.2) is 48.8 Å². The van der Waals surface area contributed by atoms with Gasteiger partial charge in [0.1, 0.15) is 11.4 Å². The van der Waals surface area contributed by atoms with Crippen molar-refractivity contribution in [3.05, 3.63) is 70.2 Å². The van der Waals surface area contributed by atoms with Crippen LogP contribution in [0, 0.1) is 0 Å². The number of halogens is 2. The Bertz CT molecular complexity index is 1860. The van der Waals surface area contributed by atoms with Crippen molar-refractivity contribution in [3.8, 4) is 45.4 Å². The lowest BCUT2D eigenvalue weighted by Crippen LogP contribution is -2.35. The second-order valence-electron chi connectivity index (χ2n) is 12.4. The minimum atomic E-state index is -0.0245. The SMILES string of the molecule is COc1nc(-c2cccc(-c3cccc(-c4cnc(CN5CC[C@H](NC(C)=O)C5)c(OC)n4)c3Cl)c2Cl)cnc1CCC[C@H]1CCC(=O)N1. The van der Waals surface area contributed by atoms with Gasteiger partial charge in [0.2, 0.25) is 23.6 Å². The monoisotopic (exact) mass is 703 g/mol. The van der Waals surface area contributed by atoms with Crippen LogP contribution in [0.3, 0.4) is 0 Å². The number of methoxy groups -OCH3 is 2. The minimum absolute atomic E-state index is 0.0245. The molecule has 0 spiro atoms. The standard InChI is InChI=1S/C36H39Cl2N7O4/c1-21(46)41-23-15-16-45(19-23)20-31-36(49-3)44-30(18-40-31)27-11-6-9-25(34(27)38)24-8-5-10-26(33(24)37)29-17-39-28(35(43-29)48-2)12-4-7-22-13-14-32(47)42-22/h5-6,8-11,17-18,22-23H,4,7,12-16,19-20H2,1-3H3,(H,41,46)(H,42,47)/t22-,23-/m0/s1. The van der Waals surface area contributed by atoms with Crippen LogP contribution < -0.4 is 20.1 Å². The summed E-state index contributed by atoms with van der Waals surface area (Å²) in [5.41, 5.74) is 5.46. The zero-order valence-electron chi connectivity index (χ0n) is 27.8. The largest absolute Gasteiger partial charge is 0.480 e. The molecule has 4 aromatic rings. The number of aromatic nitrogens is 4. The van der Waals surface area contributed by atoms with Gasteiger partial charge >= 0.3 is 0 Å². The highest BCUT2D eigenvalue weighted by Crippen LogP contribution is 2.42. The van der Waals surface area contributed by atoms with Gasteiger partial charge in [-0.2, -0.15) is 0 Å². The van der Waals surface area contributed by atoms with Crippen molar-refractivity contribution in [2.24, 2.45) is 0 Å². The summed E-state index contributed by atoms with van der Waals surface area (Å²) >= 11 is 14.1. The number of rotatable bonds is 12. The van der Waals surface area contributed by atoms with Crippen LogP contribution in [0.25, 0.3) is 33.6 Å². The number of nitrogens with one attached hydrogen (secondary N) is 2. The molecule has 0 bridgehead atoms. The van der Waals surface area contributed by atoms with Crippen LogP contribution in [0.2, 0.25) is 10.0 Å². The quantitative estimate of drug-likeness (QED) is 0.185. The molecule has 2 atom stereocenters. The van der Waals surface area contributed by atoms with E-state index in [9.17, 15) is 9.59 Å². The van der Waals surface area contributed by atoms with Crippen LogP contribution in [0.1, 0.15) is 50.4 Å². The highest BCUT2D eigenvalue weighted by Gasteiger charge is 2.26. The Kier molecular flexibility index (Phi) is 10.9. The molecule has 6 rings (SSSR count). The Hall–Kier alpha value is -4.32. The van der Waals surface area contributed by atoms with Crippen molar-refractivity contribution in [1.82, 2.24) is 35.5 Å². The van der Waals surface area contributed by atoms with E-state index in [-0.39, 0.29) is 23.9 Å². The third-order valence-corrected chi connectivity index (χ3v) is 9.77. The number of likely N-dealkylation sites (tertiary alicyclic amines) is 1. The van der Waals surface area contributed by atoms with Gasteiger partial charge in [0.05, 0.1) is 48.0 Å². The zero-order valence-corrected chi connectivity index (χ0v) is 29.3. The summed E-state index contributed by atoms with van der Waals surface area (Å²) in [5, 5.41) is 6.95. The number of hydrogen-bond acceptors (Lipinski definition) is 9. The summed E-state index contributed by atoms with van der Waals surface area (Å²) in [5.74, 6) is 0.963. The molecular formula is C36H39Cl2N7O4. The maximum absolute atomic E-state index is 11.5. The van der Waals surface area contributed by atoms with Gasteiger partial charge in [-0.1, -0.05) is 59.6 Å². The molecule has 11 nitrogen and oxygen atoms in total. The van der Waals surface area contributed by atoms with Crippen molar-refractivity contribution in [2.75, 3.05) is 27.3 Å². The van der Waals surface area contributed by atoms with Crippen molar-refractivity contribution in [2.45, 2.75) is 64.1 Å². The summed E-state index contributed by atoms with van der Waals surface area (Å²) in [7, 11) is 3.16. The number of amides is 2. The third kappa shape index (κ3) is 7.95. The van der Waals surface area contributed by atoms with E-state index in [1.165, 1.54) is 6.92 Å². The van der Waals surface area contributed by atoms with Crippen molar-refractivity contribution < 1.29 is 19.1 Å². The van der Waals surface area contributed by atoms with Crippen molar-refractivity contribution >= 4 is 35.0 Å². The first kappa shape index (κ1) is 34.5. The molecule has 2 aliphatic heterocycles. The van der Waals surface area contributed by atoms with Gasteiger partial charge in [-0.3, -0.25) is 24.5 Å². The Labute approximate surface area is 295 Å². The number of hydrogen-bond donors (Lipinski definition) is 2. The molecule has 2 fully saturated rings. The van der Waals surface area contributed by atoms with Gasteiger partial charge in [0, 0.05) is 67.3 Å². The van der Waals surface area contributed by atoms with Crippen molar-refractivity contribution in [3.63, 3.8) is 0 Å². The van der Waals surface area contributed by atoms with E-state index >= 15 is 0 Å². The van der Waals surface area contributed by atoms with E-state index in [0.717, 1.165) is 55.6 Å². The predicted octanol–water partition coefficient (Wildman–Crippen LogP) is 5.90. The maximum Gasteiger partial charge on any atom is 0.237 e. The van der Waals surface area contributed by atoms with Crippen LogP contribution in [-0.2, 0) is 22.6 Å². The maximum atomic E-state index is 11.5. The number of carbonyl (C=O) groups is 2. The molecule has 256 valence electrons. The van der Waals surface area contributed by atoms with Crippen LogP contribution in [-0.4, -0.2) is 76.0 Å². The Morgan fingerprint density at radius 3 is 2.08 bits per heavy atom. The fourth-order valence-corrected chi connectivity index (χ4v) is 7.19. The lowest BCUT2D eigenvalue weighted by Gasteiger charge is -2.18. The summed E-state index contributed by atoms with van der Waals surface area (Å²) in [4.78, 5) is 44.2. The number of carbonyl (C=O) groups excluding carboxylic acids is 2. The molecule has 4 heterocycles. The first-order chi connectivity index (χ1) is 23.7. The van der Waals surface area contributed by atoms with Crippen LogP contribution >= 0.6 is 23.2 Å². The van der Waals surface area contributed by atoms with Crippen LogP contribution in [0.4, 0.5) is 0 Å². The minimum Gasteiger partial charge on any atom is -0.480 e. The second kappa shape index (κ2) is 15.5. The molecule has 2 aromatic carbocycles. The van der Waals surface area contributed by atoms with E-state index in [0.29, 0.717) is 69.4 Å². The molecule has 49 heavy (non-hydrogen) atoms. The summed E-state index contributed by atoms with van der Waals surface area (Å²) in [6, 6.07) is 11.8. The predicted molar refractivity (Wildman–Crippen MR) is 189 cm³/mol. The van der Waals surface area contributed by atoms with E-state index in [1.807, 2.05) is 36.4 Å². The topological polar surface area (TPSA) is 131 Å². The first-order valence-electron chi connectivity index (χ1n) is 16.4. The molecule has 0 unspecified atom stereocenters. The molecule has 13 heteroatoms. The lowest BCUT2D eigenvalue weighted by atomic mass is 9.98. The van der Waals surface area contributed by atoms with E-state index in [1.54, 1.807) is 26.6 Å². The average molecular weight is 705 g/mol. The van der Waals surface area contributed by atoms with E-state index in [2.05, 4.69) is 20.5 Å². The van der Waals surface area contributed by atoms with Gasteiger partial charge in [0.15, 0.2) is 0 Å². The van der Waals surface area contributed by atoms with Gasteiger partial charge in [-0.05, 0) is 32.1 Å². The van der Waals surface area contributed by atoms with Crippen LogP contribution in [0.5, 0.6) is 11.8 Å². The molecule has 2 amide bonds. The summed E-state index contributed by atoms with van der Waals surface area (Å²) < 4.78 is 11.3. The van der Waals surface area contributed by atoms with Crippen molar-refractivity contribution in [1.29, 1.82) is 0 Å². The number of nitrogens with zero attached hydrogens (tertiary/aromatic N) is 5. The molecule has 2 saturated heterocycles. The van der Waals surface area contributed by atoms with Gasteiger partial charge in [-0.15, -0.1) is 0 Å². The highest BCUT2D eigenvalue weighted by atomic mass is 35.5. The first-order valence-corrected chi connectivity index (χ1v) is 17.2. The second-order valence-corrected chi connectivity index (χ2v) is 13.1. The molecule has 0 aliphatic carbocycles. The Morgan fingerprint density at radius 2 is 1.51 bits per heavy atom. The molecular weight excluding hydrogens is 665 g/mol. The normalized spacial score (nSPS) is 17.6. The molecule has 0 saturated carbocycles. The average Bonchev–Trinajstić information content (AvgIpc) is 3.72. The van der Waals surface area contributed by atoms with Gasteiger partial charge < -0.3 is 20.1 Å². The third-order valence-electron chi connectivity index (χ3n) is 8.95. The Morgan fingerprint density at radius 1 is 0.918 bits per heavy atom. The molecule has 2 aromatic heterocycles. The van der Waals surface area contributed by atoms with Gasteiger partial charge in [-0.25, -0.2) is 9.97 Å². The highest BCUT2D eigenvalue weighted by molar-refractivity contribution is 6.39. The number of ether oxygens (including phenoxy) is 2. The molecule has 2 aliphatic rings. The number of aryl methyl sites for hydroxylation is 1. The zero-order chi connectivity index (χ0) is 34.5. The fraction of sp³-hybridized carbons (Fsp3) is 0.389. The van der Waals surface area contributed by atoms with E-state index in [4.69, 9.17) is 47.6 Å². The number of benzene rings is 2. The lowest BCUT2D eigenvalue weighted by molar-refractivity contribution is -0.120. The Balaban J connectivity index is 1.21. The molecule has 0 radical (unpaired) electrons. The van der Waals surface area contributed by atoms with Gasteiger partial charge in [0.25, 0.3) is 0 Å². The smallest absolute Gasteiger partial charge is 0.237 e. The fourth-order valence-electron chi connectivity index (χ4n) is 6.54.